The molecule has 5 nitrogen and oxygen atoms in total. The predicted octanol–water partition coefficient (Wildman–Crippen LogP) is 1.86. The van der Waals surface area contributed by atoms with Crippen molar-refractivity contribution in [1.82, 2.24) is 10.6 Å². The van der Waals surface area contributed by atoms with Crippen molar-refractivity contribution >= 4 is 11.9 Å². The van der Waals surface area contributed by atoms with E-state index < -0.39 is 12.0 Å². The molecule has 0 heterocycles. The highest BCUT2D eigenvalue weighted by molar-refractivity contribution is 5.83. The van der Waals surface area contributed by atoms with Crippen LogP contribution in [0.3, 0.4) is 0 Å². The van der Waals surface area contributed by atoms with Crippen LogP contribution < -0.4 is 10.6 Å². The minimum Gasteiger partial charge on any atom is -0.467 e. The van der Waals surface area contributed by atoms with E-state index in [2.05, 4.69) is 29.2 Å². The van der Waals surface area contributed by atoms with Crippen molar-refractivity contribution < 1.29 is 14.3 Å². The second kappa shape index (κ2) is 11.7. The Morgan fingerprint density at radius 3 is 2.30 bits per heavy atom. The molecular formula is C15H30N2O3. The van der Waals surface area contributed by atoms with Gasteiger partial charge in [-0.05, 0) is 18.9 Å². The van der Waals surface area contributed by atoms with Crippen LogP contribution >= 0.6 is 0 Å². The van der Waals surface area contributed by atoms with Crippen molar-refractivity contribution in [2.45, 2.75) is 58.9 Å². The summed E-state index contributed by atoms with van der Waals surface area (Å²) in [5.41, 5.74) is 0. The summed E-state index contributed by atoms with van der Waals surface area (Å²) in [6, 6.07) is -0.599. The van der Waals surface area contributed by atoms with Crippen LogP contribution in [0.25, 0.3) is 0 Å². The van der Waals surface area contributed by atoms with Gasteiger partial charge in [0.05, 0.1) is 7.11 Å². The number of carbonyl (C=O) groups excluding carboxylic acids is 2. The van der Waals surface area contributed by atoms with Crippen molar-refractivity contribution in [3.8, 4) is 0 Å². The maximum atomic E-state index is 11.4. The number of nitrogens with one attached hydrogen (secondary N) is 2. The van der Waals surface area contributed by atoms with Gasteiger partial charge in [-0.1, -0.05) is 39.5 Å². The van der Waals surface area contributed by atoms with Crippen LogP contribution in [0.2, 0.25) is 0 Å². The van der Waals surface area contributed by atoms with E-state index in [-0.39, 0.29) is 5.91 Å². The van der Waals surface area contributed by atoms with E-state index in [1.54, 1.807) is 0 Å². The van der Waals surface area contributed by atoms with E-state index in [0.29, 0.717) is 6.54 Å². The van der Waals surface area contributed by atoms with Crippen LogP contribution in [0.5, 0.6) is 0 Å². The van der Waals surface area contributed by atoms with Gasteiger partial charge in [-0.3, -0.25) is 4.79 Å². The van der Waals surface area contributed by atoms with Crippen molar-refractivity contribution in [3.63, 3.8) is 0 Å². The summed E-state index contributed by atoms with van der Waals surface area (Å²) < 4.78 is 4.65. The number of methoxy groups -OCH3 is 1. The molecule has 0 aliphatic carbocycles. The highest BCUT2D eigenvalue weighted by Crippen LogP contribution is 2.08. The molecular weight excluding hydrogens is 256 g/mol. The molecule has 20 heavy (non-hydrogen) atoms. The molecule has 1 atom stereocenters. The van der Waals surface area contributed by atoms with E-state index in [1.807, 2.05) is 0 Å². The van der Waals surface area contributed by atoms with Gasteiger partial charge in [-0.25, -0.2) is 4.79 Å². The Hall–Kier alpha value is -1.10. The van der Waals surface area contributed by atoms with Crippen LogP contribution in [0.1, 0.15) is 52.9 Å². The number of ether oxygens (including phenoxy) is 1. The maximum Gasteiger partial charge on any atom is 0.329 e. The first kappa shape index (κ1) is 18.9. The van der Waals surface area contributed by atoms with Crippen molar-refractivity contribution in [1.29, 1.82) is 0 Å². The number of hydrogen-bond donors (Lipinski definition) is 2. The molecule has 0 saturated heterocycles. The van der Waals surface area contributed by atoms with Gasteiger partial charge in [0.25, 0.3) is 0 Å². The molecule has 1 amide bonds. The average Bonchev–Trinajstić information content (AvgIpc) is 2.38. The third-order valence-corrected chi connectivity index (χ3v) is 3.10. The zero-order valence-corrected chi connectivity index (χ0v) is 13.3. The predicted molar refractivity (Wildman–Crippen MR) is 80.4 cm³/mol. The van der Waals surface area contributed by atoms with Crippen molar-refractivity contribution in [2.24, 2.45) is 5.92 Å². The molecule has 0 spiro atoms. The summed E-state index contributed by atoms with van der Waals surface area (Å²) in [5.74, 6) is 0.145. The van der Waals surface area contributed by atoms with Gasteiger partial charge in [0.15, 0.2) is 0 Å². The fourth-order valence-electron chi connectivity index (χ4n) is 1.98. The number of esters is 1. The Morgan fingerprint density at radius 1 is 1.10 bits per heavy atom. The first-order valence-corrected chi connectivity index (χ1v) is 7.53. The molecule has 0 radical (unpaired) electrons. The number of carbonyl (C=O) groups is 2. The van der Waals surface area contributed by atoms with Crippen LogP contribution in [-0.4, -0.2) is 38.1 Å². The Bertz CT molecular complexity index is 280. The number of hydrogen-bond acceptors (Lipinski definition) is 4. The Labute approximate surface area is 122 Å². The van der Waals surface area contributed by atoms with E-state index in [0.717, 1.165) is 18.9 Å². The van der Waals surface area contributed by atoms with Crippen molar-refractivity contribution in [2.75, 3.05) is 20.2 Å². The highest BCUT2D eigenvalue weighted by atomic mass is 16.5. The van der Waals surface area contributed by atoms with E-state index in [1.165, 1.54) is 39.7 Å². The summed E-state index contributed by atoms with van der Waals surface area (Å²) in [6.07, 6.45) is 6.12. The quantitative estimate of drug-likeness (QED) is 0.449. The Morgan fingerprint density at radius 2 is 1.75 bits per heavy atom. The number of unbranched alkanes of at least 4 members (excludes halogenated alkanes) is 3. The highest BCUT2D eigenvalue weighted by Gasteiger charge is 2.19. The minimum absolute atomic E-state index is 0.226. The standard InChI is InChI=1S/C15H30N2O3/c1-12(2)9-7-5-6-8-10-16-11-14(15(19)20-4)17-13(3)18/h12,14,16H,5-11H2,1-4H3,(H,17,18). The molecule has 0 saturated carbocycles. The lowest BCUT2D eigenvalue weighted by atomic mass is 10.0. The van der Waals surface area contributed by atoms with Crippen LogP contribution in [0, 0.1) is 5.92 Å². The zero-order valence-electron chi connectivity index (χ0n) is 13.3. The zero-order chi connectivity index (χ0) is 15.4. The molecule has 0 rings (SSSR count). The third-order valence-electron chi connectivity index (χ3n) is 3.10. The summed E-state index contributed by atoms with van der Waals surface area (Å²) in [5, 5.41) is 5.77. The molecule has 2 N–H and O–H groups in total. The monoisotopic (exact) mass is 286 g/mol. The molecule has 0 aromatic rings. The average molecular weight is 286 g/mol. The second-order valence-electron chi connectivity index (χ2n) is 5.58. The third kappa shape index (κ3) is 10.8. The molecule has 5 heteroatoms. The minimum atomic E-state index is -0.599. The van der Waals surface area contributed by atoms with E-state index in [4.69, 9.17) is 0 Å². The summed E-state index contributed by atoms with van der Waals surface area (Å²) in [6.45, 7) is 7.16. The lowest BCUT2D eigenvalue weighted by molar-refractivity contribution is -0.144. The van der Waals surface area contributed by atoms with Crippen molar-refractivity contribution in [3.05, 3.63) is 0 Å². The lowest BCUT2D eigenvalue weighted by Gasteiger charge is -2.16. The topological polar surface area (TPSA) is 67.4 Å². The fourth-order valence-corrected chi connectivity index (χ4v) is 1.98. The van der Waals surface area contributed by atoms with Gasteiger partial charge in [0.1, 0.15) is 6.04 Å². The largest absolute Gasteiger partial charge is 0.467 e. The fraction of sp³-hybridized carbons (Fsp3) is 0.867. The van der Waals surface area contributed by atoms with Crippen LogP contribution in [0.4, 0.5) is 0 Å². The summed E-state index contributed by atoms with van der Waals surface area (Å²) in [4.78, 5) is 22.4. The van der Waals surface area contributed by atoms with Gasteiger partial charge >= 0.3 is 5.97 Å². The Kier molecular flexibility index (Phi) is 11.1. The smallest absolute Gasteiger partial charge is 0.329 e. The number of amides is 1. The van der Waals surface area contributed by atoms with Gasteiger partial charge < -0.3 is 15.4 Å². The maximum absolute atomic E-state index is 11.4. The van der Waals surface area contributed by atoms with E-state index >= 15 is 0 Å². The first-order valence-electron chi connectivity index (χ1n) is 7.53. The molecule has 0 bridgehead atoms. The van der Waals surface area contributed by atoms with Crippen LogP contribution in [0.15, 0.2) is 0 Å². The van der Waals surface area contributed by atoms with Gasteiger partial charge in [0.2, 0.25) is 5.91 Å². The molecule has 0 aromatic heterocycles. The normalized spacial score (nSPS) is 12.2. The summed E-state index contributed by atoms with van der Waals surface area (Å²) >= 11 is 0. The number of rotatable bonds is 11. The van der Waals surface area contributed by atoms with Gasteiger partial charge in [0, 0.05) is 13.5 Å². The second-order valence-corrected chi connectivity index (χ2v) is 5.58. The van der Waals surface area contributed by atoms with Gasteiger partial charge in [-0.2, -0.15) is 0 Å². The molecule has 0 aromatic carbocycles. The molecule has 0 aliphatic rings. The summed E-state index contributed by atoms with van der Waals surface area (Å²) in [7, 11) is 1.33. The molecule has 1 unspecified atom stereocenters. The van der Waals surface area contributed by atoms with Gasteiger partial charge in [-0.15, -0.1) is 0 Å². The molecule has 118 valence electrons. The lowest BCUT2D eigenvalue weighted by Crippen LogP contribution is -2.47. The van der Waals surface area contributed by atoms with E-state index in [9.17, 15) is 9.59 Å². The molecule has 0 fully saturated rings. The van der Waals surface area contributed by atoms with Crippen LogP contribution in [-0.2, 0) is 14.3 Å². The first-order chi connectivity index (χ1) is 9.47. The molecule has 0 aliphatic heterocycles. The SMILES string of the molecule is COC(=O)C(CNCCCCCCC(C)C)NC(C)=O. The Balaban J connectivity index is 3.63.